The van der Waals surface area contributed by atoms with Crippen LogP contribution in [0, 0.1) is 11.8 Å². The summed E-state index contributed by atoms with van der Waals surface area (Å²) in [6, 6.07) is 4.08. The number of hydrogen-bond donors (Lipinski definition) is 0. The Bertz CT molecular complexity index is 737. The van der Waals surface area contributed by atoms with Gasteiger partial charge in [0.05, 0.1) is 25.5 Å². The summed E-state index contributed by atoms with van der Waals surface area (Å²) < 4.78 is 16.7. The Hall–Kier alpha value is -2.30. The molecular weight excluding hydrogens is 376 g/mol. The van der Waals surface area contributed by atoms with Gasteiger partial charge in [-0.2, -0.15) is 0 Å². The minimum absolute atomic E-state index is 0.655. The fourth-order valence-corrected chi connectivity index (χ4v) is 3.60. The molecule has 2 aliphatic heterocycles. The molecule has 0 saturated carbocycles. The lowest BCUT2D eigenvalue weighted by atomic mass is 10.0. The minimum Gasteiger partial charge on any atom is -0.491 e. The van der Waals surface area contributed by atoms with Gasteiger partial charge in [-0.3, -0.25) is 4.98 Å². The third-order valence-corrected chi connectivity index (χ3v) is 5.38. The molecule has 30 heavy (non-hydrogen) atoms. The van der Waals surface area contributed by atoms with Gasteiger partial charge in [0.2, 0.25) is 0 Å². The molecule has 0 saturated heterocycles. The van der Waals surface area contributed by atoms with Crippen LogP contribution in [-0.2, 0) is 19.3 Å². The van der Waals surface area contributed by atoms with Gasteiger partial charge in [-0.05, 0) is 43.2 Å². The van der Waals surface area contributed by atoms with Crippen molar-refractivity contribution in [3.63, 3.8) is 0 Å². The molecule has 0 fully saturated rings. The fraction of sp³-hybridized carbons (Fsp3) is 0.600. The summed E-state index contributed by atoms with van der Waals surface area (Å²) in [4.78, 5) is 8.62. The monoisotopic (exact) mass is 412 g/mol. The number of aryl methyl sites for hydroxylation is 1. The molecule has 0 aliphatic carbocycles. The molecule has 0 unspecified atom stereocenters. The normalized spacial score (nSPS) is 13.9. The van der Waals surface area contributed by atoms with Crippen LogP contribution in [0.15, 0.2) is 24.5 Å². The smallest absolute Gasteiger partial charge is 0.257 e. The first-order chi connectivity index (χ1) is 14.5. The van der Waals surface area contributed by atoms with E-state index in [1.807, 2.05) is 12.3 Å². The van der Waals surface area contributed by atoms with Crippen LogP contribution in [0.5, 0.6) is 17.4 Å². The summed E-state index contributed by atoms with van der Waals surface area (Å²) in [5.41, 5.74) is 3.71. The third kappa shape index (κ3) is 6.35. The Morgan fingerprint density at radius 3 is 2.20 bits per heavy atom. The van der Waals surface area contributed by atoms with Crippen molar-refractivity contribution < 1.29 is 14.2 Å². The van der Waals surface area contributed by atoms with Gasteiger partial charge in [-0.25, -0.2) is 4.98 Å². The molecule has 4 rings (SSSR count). The number of hydrogen-bond acceptors (Lipinski definition) is 5. The molecule has 0 aromatic carbocycles. The van der Waals surface area contributed by atoms with E-state index in [4.69, 9.17) is 14.2 Å². The van der Waals surface area contributed by atoms with E-state index >= 15 is 0 Å². The second-order valence-corrected chi connectivity index (χ2v) is 8.86. The average Bonchev–Trinajstić information content (AvgIpc) is 3.38. The Morgan fingerprint density at radius 1 is 0.867 bits per heavy atom. The molecule has 0 spiro atoms. The van der Waals surface area contributed by atoms with Crippen molar-refractivity contribution in [3.05, 3.63) is 41.3 Å². The van der Waals surface area contributed by atoms with E-state index in [-0.39, 0.29) is 0 Å². The maximum absolute atomic E-state index is 5.62. The zero-order valence-corrected chi connectivity index (χ0v) is 18.9. The predicted molar refractivity (Wildman–Crippen MR) is 120 cm³/mol. The first kappa shape index (κ1) is 22.4. The largest absolute Gasteiger partial charge is 0.491 e. The van der Waals surface area contributed by atoms with E-state index < -0.39 is 0 Å². The van der Waals surface area contributed by atoms with Gasteiger partial charge >= 0.3 is 0 Å². The second-order valence-electron chi connectivity index (χ2n) is 8.86. The van der Waals surface area contributed by atoms with E-state index in [2.05, 4.69) is 43.7 Å². The van der Waals surface area contributed by atoms with E-state index in [0.29, 0.717) is 18.4 Å². The zero-order chi connectivity index (χ0) is 21.3. The molecule has 0 radical (unpaired) electrons. The quantitative estimate of drug-likeness (QED) is 0.578. The molecule has 164 valence electrons. The van der Waals surface area contributed by atoms with Gasteiger partial charge < -0.3 is 14.2 Å². The van der Waals surface area contributed by atoms with Crippen molar-refractivity contribution in [1.82, 2.24) is 9.97 Å². The van der Waals surface area contributed by atoms with Crippen molar-refractivity contribution in [2.24, 2.45) is 11.8 Å². The summed E-state index contributed by atoms with van der Waals surface area (Å²) in [6.07, 6.45) is 10.3. The van der Waals surface area contributed by atoms with Crippen LogP contribution in [0.1, 0.15) is 63.8 Å². The van der Waals surface area contributed by atoms with Crippen molar-refractivity contribution in [3.8, 4) is 17.4 Å². The molecule has 2 aliphatic rings. The average molecular weight is 413 g/mol. The van der Waals surface area contributed by atoms with E-state index in [1.54, 1.807) is 6.20 Å². The van der Waals surface area contributed by atoms with Crippen LogP contribution in [0.3, 0.4) is 0 Å². The topological polar surface area (TPSA) is 53.5 Å². The highest BCUT2D eigenvalue weighted by molar-refractivity contribution is 5.43. The summed E-state index contributed by atoms with van der Waals surface area (Å²) >= 11 is 0. The van der Waals surface area contributed by atoms with Gasteiger partial charge in [0.1, 0.15) is 5.75 Å². The van der Waals surface area contributed by atoms with Crippen molar-refractivity contribution in [2.75, 3.05) is 19.8 Å². The molecule has 0 atom stereocenters. The van der Waals surface area contributed by atoms with Crippen LogP contribution in [0.25, 0.3) is 0 Å². The van der Waals surface area contributed by atoms with Crippen LogP contribution >= 0.6 is 0 Å². The van der Waals surface area contributed by atoms with Crippen molar-refractivity contribution >= 4 is 0 Å². The molecule has 5 heteroatoms. The molecule has 2 aromatic heterocycles. The maximum atomic E-state index is 5.62. The van der Waals surface area contributed by atoms with Crippen molar-refractivity contribution in [1.29, 1.82) is 0 Å². The number of rotatable bonds is 8. The van der Waals surface area contributed by atoms with Crippen LogP contribution in [0.2, 0.25) is 0 Å². The number of nitrogens with zero attached hydrogens (tertiary/aromatic N) is 2. The first-order valence-electron chi connectivity index (χ1n) is 11.4. The lowest BCUT2D eigenvalue weighted by Crippen LogP contribution is -2.03. The summed E-state index contributed by atoms with van der Waals surface area (Å²) in [5.74, 6) is 4.01. The van der Waals surface area contributed by atoms with Gasteiger partial charge in [0.25, 0.3) is 5.88 Å². The van der Waals surface area contributed by atoms with Gasteiger partial charge in [-0.1, -0.05) is 34.1 Å². The Labute approximate surface area is 181 Å². The summed E-state index contributed by atoms with van der Waals surface area (Å²) in [7, 11) is 0. The Kier molecular flexibility index (Phi) is 8.35. The number of fused-ring (bicyclic) bond motifs is 2. The highest BCUT2D eigenvalue weighted by Crippen LogP contribution is 2.33. The second kappa shape index (κ2) is 11.2. The maximum Gasteiger partial charge on any atom is 0.257 e. The van der Waals surface area contributed by atoms with Gasteiger partial charge in [0.15, 0.2) is 5.75 Å². The fourth-order valence-electron chi connectivity index (χ4n) is 3.60. The standard InChI is InChI=1S/C13H19NO.C12H17NO2/c1-10(2)4-3-5-12-13-11(6-8-14-12)7-9-15-13;1-9(2)4-7-15-12-11-10(3-6-13-12)5-8-14-11/h6,8,10H,3-5,7,9H2,1-2H3;3,6,9H,4-5,7-8H2,1-2H3. The molecule has 0 amide bonds. The molecule has 4 heterocycles. The number of ether oxygens (including phenoxy) is 3. The molecule has 0 N–H and O–H groups in total. The van der Waals surface area contributed by atoms with Crippen molar-refractivity contribution in [2.45, 2.75) is 66.2 Å². The molecule has 5 nitrogen and oxygen atoms in total. The molecule has 0 bridgehead atoms. The molecule has 2 aromatic rings. The summed E-state index contributed by atoms with van der Waals surface area (Å²) in [6.45, 7) is 11.2. The number of aromatic nitrogens is 2. The Morgan fingerprint density at radius 2 is 1.50 bits per heavy atom. The Balaban J connectivity index is 0.000000171. The minimum atomic E-state index is 0.655. The number of pyridine rings is 2. The van der Waals surface area contributed by atoms with E-state index in [9.17, 15) is 0 Å². The summed E-state index contributed by atoms with van der Waals surface area (Å²) in [5, 5.41) is 0. The van der Waals surface area contributed by atoms with E-state index in [1.165, 1.54) is 24.0 Å². The lowest BCUT2D eigenvalue weighted by Gasteiger charge is -2.09. The third-order valence-electron chi connectivity index (χ3n) is 5.38. The highest BCUT2D eigenvalue weighted by Gasteiger charge is 2.18. The predicted octanol–water partition coefficient (Wildman–Crippen LogP) is 5.44. The van der Waals surface area contributed by atoms with Gasteiger partial charge in [0, 0.05) is 36.4 Å². The first-order valence-corrected chi connectivity index (χ1v) is 11.4. The van der Waals surface area contributed by atoms with Crippen LogP contribution < -0.4 is 14.2 Å². The molecular formula is C25H36N2O3. The van der Waals surface area contributed by atoms with Crippen LogP contribution in [0.4, 0.5) is 0 Å². The van der Waals surface area contributed by atoms with E-state index in [0.717, 1.165) is 62.0 Å². The lowest BCUT2D eigenvalue weighted by molar-refractivity contribution is 0.258. The van der Waals surface area contributed by atoms with Crippen LogP contribution in [-0.4, -0.2) is 29.8 Å². The SMILES string of the molecule is CC(C)CCCc1nccc2c1OCC2.CC(C)CCOc1nccc2c1OCC2. The zero-order valence-electron chi connectivity index (χ0n) is 18.9. The van der Waals surface area contributed by atoms with Gasteiger partial charge in [-0.15, -0.1) is 0 Å². The highest BCUT2D eigenvalue weighted by atomic mass is 16.5.